The third kappa shape index (κ3) is 3.26. The van der Waals surface area contributed by atoms with Gasteiger partial charge in [-0.3, -0.25) is 0 Å². The molecule has 2 nitrogen and oxygen atoms in total. The molecule has 106 valence electrons. The molecule has 0 aliphatic carbocycles. The van der Waals surface area contributed by atoms with Crippen LogP contribution in [0.2, 0.25) is 5.02 Å². The molecular weight excluding hydrogens is 284 g/mol. The maximum absolute atomic E-state index is 13.5. The Balaban J connectivity index is 2.13. The van der Waals surface area contributed by atoms with Crippen molar-refractivity contribution >= 4 is 11.6 Å². The Morgan fingerprint density at radius 3 is 2.65 bits per heavy atom. The molecule has 0 saturated heterocycles. The largest absolute Gasteiger partial charge is 0.487 e. The minimum Gasteiger partial charge on any atom is -0.487 e. The van der Waals surface area contributed by atoms with Crippen LogP contribution in [-0.2, 0) is 6.61 Å². The molecule has 0 saturated carbocycles. The van der Waals surface area contributed by atoms with Gasteiger partial charge in [0.05, 0.1) is 5.02 Å². The van der Waals surface area contributed by atoms with Crippen molar-refractivity contribution in [3.8, 4) is 5.75 Å². The van der Waals surface area contributed by atoms with Gasteiger partial charge in [0, 0.05) is 11.6 Å². The van der Waals surface area contributed by atoms with Crippen LogP contribution in [0.3, 0.4) is 0 Å². The van der Waals surface area contributed by atoms with Gasteiger partial charge in [0.2, 0.25) is 0 Å². The summed E-state index contributed by atoms with van der Waals surface area (Å²) < 4.78 is 31.9. The average molecular weight is 298 g/mol. The summed E-state index contributed by atoms with van der Waals surface area (Å²) in [6, 6.07) is 8.96. The van der Waals surface area contributed by atoms with Gasteiger partial charge in [-0.25, -0.2) is 8.78 Å². The zero-order valence-electron chi connectivity index (χ0n) is 10.9. The van der Waals surface area contributed by atoms with Gasteiger partial charge >= 0.3 is 0 Å². The smallest absolute Gasteiger partial charge is 0.165 e. The van der Waals surface area contributed by atoms with Gasteiger partial charge in [-0.1, -0.05) is 29.8 Å². The van der Waals surface area contributed by atoms with E-state index in [1.165, 1.54) is 12.1 Å². The zero-order chi connectivity index (χ0) is 14.7. The lowest BCUT2D eigenvalue weighted by Gasteiger charge is -2.11. The first-order valence-corrected chi connectivity index (χ1v) is 6.47. The fourth-order valence-corrected chi connectivity index (χ4v) is 1.98. The van der Waals surface area contributed by atoms with Gasteiger partial charge in [-0.2, -0.15) is 0 Å². The summed E-state index contributed by atoms with van der Waals surface area (Å²) in [4.78, 5) is 0. The molecule has 1 atom stereocenters. The highest BCUT2D eigenvalue weighted by Gasteiger charge is 2.10. The van der Waals surface area contributed by atoms with Crippen LogP contribution in [-0.4, -0.2) is 0 Å². The van der Waals surface area contributed by atoms with Crippen LogP contribution in [0.1, 0.15) is 24.1 Å². The van der Waals surface area contributed by atoms with Crippen LogP contribution in [0.4, 0.5) is 8.78 Å². The summed E-state index contributed by atoms with van der Waals surface area (Å²) in [5, 5.41) is 0.386. The number of nitrogens with two attached hydrogens (primary N) is 1. The summed E-state index contributed by atoms with van der Waals surface area (Å²) >= 11 is 6.06. The second-order valence-electron chi connectivity index (χ2n) is 4.48. The lowest BCUT2D eigenvalue weighted by atomic mass is 10.1. The van der Waals surface area contributed by atoms with Crippen LogP contribution < -0.4 is 10.5 Å². The van der Waals surface area contributed by atoms with Crippen molar-refractivity contribution in [1.82, 2.24) is 0 Å². The van der Waals surface area contributed by atoms with E-state index in [0.29, 0.717) is 10.8 Å². The van der Waals surface area contributed by atoms with Gasteiger partial charge < -0.3 is 10.5 Å². The normalized spacial score (nSPS) is 12.2. The second kappa shape index (κ2) is 6.20. The molecule has 1 unspecified atom stereocenters. The molecule has 2 rings (SSSR count). The number of halogens is 3. The summed E-state index contributed by atoms with van der Waals surface area (Å²) in [5.41, 5.74) is 6.75. The van der Waals surface area contributed by atoms with Crippen molar-refractivity contribution < 1.29 is 13.5 Å². The zero-order valence-corrected chi connectivity index (χ0v) is 11.6. The fourth-order valence-electron chi connectivity index (χ4n) is 1.73. The lowest BCUT2D eigenvalue weighted by Crippen LogP contribution is -2.05. The molecule has 2 aromatic carbocycles. The van der Waals surface area contributed by atoms with Crippen molar-refractivity contribution in [2.75, 3.05) is 0 Å². The molecule has 0 amide bonds. The number of ether oxygens (including phenoxy) is 1. The van der Waals surface area contributed by atoms with E-state index in [1.807, 2.05) is 6.92 Å². The minimum absolute atomic E-state index is 0.0964. The topological polar surface area (TPSA) is 35.2 Å². The third-order valence-corrected chi connectivity index (χ3v) is 3.19. The molecule has 0 fully saturated rings. The van der Waals surface area contributed by atoms with Crippen LogP contribution in [0, 0.1) is 11.6 Å². The number of hydrogen-bond acceptors (Lipinski definition) is 2. The molecular formula is C15H14ClF2NO. The molecule has 0 radical (unpaired) electrons. The number of hydrogen-bond donors (Lipinski definition) is 1. The highest BCUT2D eigenvalue weighted by atomic mass is 35.5. The Hall–Kier alpha value is -1.65. The molecule has 0 aromatic heterocycles. The Labute approximate surface area is 121 Å². The molecule has 2 aromatic rings. The fraction of sp³-hybridized carbons (Fsp3) is 0.200. The standard InChI is InChI=1S/C15H14ClF2NO/c1-9(19)10-5-6-14(12(16)7-10)20-8-11-3-2-4-13(17)15(11)18/h2-7,9H,8,19H2,1H3. The molecule has 0 heterocycles. The van der Waals surface area contributed by atoms with Crippen LogP contribution >= 0.6 is 11.6 Å². The van der Waals surface area contributed by atoms with Crippen LogP contribution in [0.25, 0.3) is 0 Å². The molecule has 0 aliphatic heterocycles. The van der Waals surface area contributed by atoms with Gasteiger partial charge in [0.25, 0.3) is 0 Å². The van der Waals surface area contributed by atoms with E-state index in [-0.39, 0.29) is 18.2 Å². The maximum Gasteiger partial charge on any atom is 0.165 e. The first-order valence-electron chi connectivity index (χ1n) is 6.09. The van der Waals surface area contributed by atoms with Crippen molar-refractivity contribution in [2.45, 2.75) is 19.6 Å². The van der Waals surface area contributed by atoms with Crippen molar-refractivity contribution in [3.05, 3.63) is 64.2 Å². The molecule has 0 bridgehead atoms. The number of benzene rings is 2. The van der Waals surface area contributed by atoms with E-state index >= 15 is 0 Å². The van der Waals surface area contributed by atoms with Gasteiger partial charge in [-0.15, -0.1) is 0 Å². The van der Waals surface area contributed by atoms with Crippen molar-refractivity contribution in [2.24, 2.45) is 5.73 Å². The summed E-state index contributed by atoms with van der Waals surface area (Å²) in [6.45, 7) is 1.75. The monoisotopic (exact) mass is 297 g/mol. The van der Waals surface area contributed by atoms with Crippen LogP contribution in [0.15, 0.2) is 36.4 Å². The van der Waals surface area contributed by atoms with E-state index in [9.17, 15) is 8.78 Å². The van der Waals surface area contributed by atoms with Crippen molar-refractivity contribution in [1.29, 1.82) is 0 Å². The van der Waals surface area contributed by atoms with Gasteiger partial charge in [-0.05, 0) is 30.7 Å². The summed E-state index contributed by atoms with van der Waals surface area (Å²) in [6.07, 6.45) is 0. The molecule has 0 spiro atoms. The molecule has 0 aliphatic rings. The number of rotatable bonds is 4. The van der Waals surface area contributed by atoms with E-state index in [0.717, 1.165) is 11.6 Å². The first-order chi connectivity index (χ1) is 9.49. The molecule has 2 N–H and O–H groups in total. The Kier molecular flexibility index (Phi) is 4.57. The molecule has 20 heavy (non-hydrogen) atoms. The Bertz CT molecular complexity index is 617. The highest BCUT2D eigenvalue weighted by molar-refractivity contribution is 6.32. The third-order valence-electron chi connectivity index (χ3n) is 2.90. The Morgan fingerprint density at radius 1 is 1.25 bits per heavy atom. The molecule has 5 heteroatoms. The lowest BCUT2D eigenvalue weighted by molar-refractivity contribution is 0.297. The quantitative estimate of drug-likeness (QED) is 0.917. The Morgan fingerprint density at radius 2 is 2.00 bits per heavy atom. The minimum atomic E-state index is -0.907. The predicted molar refractivity (Wildman–Crippen MR) is 74.7 cm³/mol. The van der Waals surface area contributed by atoms with E-state index in [2.05, 4.69) is 0 Å². The first kappa shape index (κ1) is 14.8. The summed E-state index contributed by atoms with van der Waals surface area (Å²) in [5.74, 6) is -1.40. The summed E-state index contributed by atoms with van der Waals surface area (Å²) in [7, 11) is 0. The van der Waals surface area contributed by atoms with E-state index in [4.69, 9.17) is 22.1 Å². The van der Waals surface area contributed by atoms with Crippen molar-refractivity contribution in [3.63, 3.8) is 0 Å². The van der Waals surface area contributed by atoms with E-state index in [1.54, 1.807) is 18.2 Å². The van der Waals surface area contributed by atoms with E-state index < -0.39 is 11.6 Å². The second-order valence-corrected chi connectivity index (χ2v) is 4.89. The SMILES string of the molecule is CC(N)c1ccc(OCc2cccc(F)c2F)c(Cl)c1. The predicted octanol–water partition coefficient (Wildman–Crippen LogP) is 4.22. The maximum atomic E-state index is 13.5. The highest BCUT2D eigenvalue weighted by Crippen LogP contribution is 2.28. The average Bonchev–Trinajstić information content (AvgIpc) is 2.41. The van der Waals surface area contributed by atoms with Gasteiger partial charge in [0.15, 0.2) is 11.6 Å². The van der Waals surface area contributed by atoms with Gasteiger partial charge in [0.1, 0.15) is 12.4 Å². The van der Waals surface area contributed by atoms with Crippen LogP contribution in [0.5, 0.6) is 5.75 Å².